The van der Waals surface area contributed by atoms with Gasteiger partial charge in [0.25, 0.3) is 0 Å². The zero-order valence-electron chi connectivity index (χ0n) is 18.8. The van der Waals surface area contributed by atoms with Gasteiger partial charge in [-0.15, -0.1) is 0 Å². The summed E-state index contributed by atoms with van der Waals surface area (Å²) in [5.74, 6) is 3.37. The fourth-order valence-corrected chi connectivity index (χ4v) is 4.45. The van der Waals surface area contributed by atoms with Crippen LogP contribution in [-0.2, 0) is 0 Å². The van der Waals surface area contributed by atoms with E-state index in [0.29, 0.717) is 18.5 Å². The van der Waals surface area contributed by atoms with Gasteiger partial charge in [0.2, 0.25) is 0 Å². The Balaban J connectivity index is 1.45. The first kappa shape index (κ1) is 20.8. The topological polar surface area (TPSA) is 73.8 Å². The molecule has 7 nitrogen and oxygen atoms in total. The molecule has 2 N–H and O–H groups in total. The van der Waals surface area contributed by atoms with Crippen LogP contribution in [0, 0.1) is 0 Å². The molecule has 2 heterocycles. The number of hydrogen-bond acceptors (Lipinski definition) is 7. The second-order valence-corrected chi connectivity index (χ2v) is 8.80. The summed E-state index contributed by atoms with van der Waals surface area (Å²) in [5.41, 5.74) is 3.10. The molecule has 1 unspecified atom stereocenters. The smallest absolute Gasteiger partial charge is 0.141 e. The van der Waals surface area contributed by atoms with E-state index in [9.17, 15) is 5.11 Å². The SMILES string of the molecule is COc1ccccc1NC1CCN(c2nc(C3CC3)nc3ccc(N(C)CCO)cc23)C1. The molecule has 2 aliphatic rings. The Morgan fingerprint density at radius 2 is 2.00 bits per heavy atom. The number of fused-ring (bicyclic) bond motifs is 1. The van der Waals surface area contributed by atoms with Crippen molar-refractivity contribution in [1.82, 2.24) is 9.97 Å². The Hall–Kier alpha value is -3.06. The van der Waals surface area contributed by atoms with Crippen LogP contribution < -0.4 is 19.9 Å². The minimum Gasteiger partial charge on any atom is -0.495 e. The molecule has 168 valence electrons. The Kier molecular flexibility index (Phi) is 5.74. The van der Waals surface area contributed by atoms with E-state index >= 15 is 0 Å². The lowest BCUT2D eigenvalue weighted by molar-refractivity contribution is 0.304. The molecule has 1 atom stereocenters. The van der Waals surface area contributed by atoms with E-state index in [2.05, 4.69) is 39.4 Å². The molecule has 0 spiro atoms. The summed E-state index contributed by atoms with van der Waals surface area (Å²) in [4.78, 5) is 14.4. The first-order valence-corrected chi connectivity index (χ1v) is 11.4. The van der Waals surface area contributed by atoms with Crippen molar-refractivity contribution in [2.75, 3.05) is 55.5 Å². The first-order chi connectivity index (χ1) is 15.7. The maximum atomic E-state index is 9.34. The quantitative estimate of drug-likeness (QED) is 0.562. The normalized spacial score (nSPS) is 18.2. The van der Waals surface area contributed by atoms with Gasteiger partial charge in [-0.2, -0.15) is 0 Å². The van der Waals surface area contributed by atoms with Crippen molar-refractivity contribution in [3.05, 3.63) is 48.3 Å². The summed E-state index contributed by atoms with van der Waals surface area (Å²) < 4.78 is 5.51. The molecule has 2 aromatic carbocycles. The molecule has 2 fully saturated rings. The van der Waals surface area contributed by atoms with Gasteiger partial charge in [0.1, 0.15) is 17.4 Å². The zero-order chi connectivity index (χ0) is 22.1. The lowest BCUT2D eigenvalue weighted by Crippen LogP contribution is -2.27. The van der Waals surface area contributed by atoms with Crippen LogP contribution in [0.3, 0.4) is 0 Å². The summed E-state index contributed by atoms with van der Waals surface area (Å²) in [6.07, 6.45) is 3.40. The van der Waals surface area contributed by atoms with Gasteiger partial charge in [-0.1, -0.05) is 12.1 Å². The van der Waals surface area contributed by atoms with Gasteiger partial charge in [0.05, 0.1) is 24.9 Å². The molecule has 32 heavy (non-hydrogen) atoms. The van der Waals surface area contributed by atoms with Crippen molar-refractivity contribution in [2.45, 2.75) is 31.2 Å². The zero-order valence-corrected chi connectivity index (χ0v) is 18.8. The Labute approximate surface area is 189 Å². The minimum atomic E-state index is 0.126. The molecule has 5 rings (SSSR count). The fourth-order valence-electron chi connectivity index (χ4n) is 4.45. The molecule has 0 amide bonds. The summed E-state index contributed by atoms with van der Waals surface area (Å²) in [5, 5.41) is 14.1. The molecule has 1 saturated heterocycles. The Morgan fingerprint density at radius 1 is 1.16 bits per heavy atom. The van der Waals surface area contributed by atoms with Gasteiger partial charge in [-0.3, -0.25) is 0 Å². The highest BCUT2D eigenvalue weighted by molar-refractivity contribution is 5.92. The fraction of sp³-hybridized carbons (Fsp3) is 0.440. The van der Waals surface area contributed by atoms with E-state index in [1.54, 1.807) is 7.11 Å². The molecule has 3 aromatic rings. The number of rotatable bonds is 8. The molecular weight excluding hydrogens is 402 g/mol. The predicted octanol–water partition coefficient (Wildman–Crippen LogP) is 3.64. The number of para-hydroxylation sites is 2. The molecular formula is C25H31N5O2. The van der Waals surface area contributed by atoms with Crippen LogP contribution in [-0.4, -0.2) is 61.5 Å². The number of nitrogens with zero attached hydrogens (tertiary/aromatic N) is 4. The van der Waals surface area contributed by atoms with Gasteiger partial charge >= 0.3 is 0 Å². The van der Waals surface area contributed by atoms with Crippen LogP contribution in [0.2, 0.25) is 0 Å². The van der Waals surface area contributed by atoms with Crippen molar-refractivity contribution in [2.24, 2.45) is 0 Å². The van der Waals surface area contributed by atoms with E-state index < -0.39 is 0 Å². The minimum absolute atomic E-state index is 0.126. The van der Waals surface area contributed by atoms with Crippen LogP contribution in [0.15, 0.2) is 42.5 Å². The number of hydrogen-bond donors (Lipinski definition) is 2. The van der Waals surface area contributed by atoms with Gasteiger partial charge in [-0.05, 0) is 49.6 Å². The van der Waals surface area contributed by atoms with Crippen LogP contribution in [0.1, 0.15) is 31.0 Å². The van der Waals surface area contributed by atoms with Crippen molar-refractivity contribution in [1.29, 1.82) is 0 Å². The lowest BCUT2D eigenvalue weighted by atomic mass is 10.1. The predicted molar refractivity (Wildman–Crippen MR) is 129 cm³/mol. The average molecular weight is 434 g/mol. The van der Waals surface area contributed by atoms with Crippen LogP contribution in [0.4, 0.5) is 17.2 Å². The second-order valence-electron chi connectivity index (χ2n) is 8.80. The molecule has 0 radical (unpaired) electrons. The molecule has 7 heteroatoms. The van der Waals surface area contributed by atoms with Crippen LogP contribution >= 0.6 is 0 Å². The van der Waals surface area contributed by atoms with Crippen LogP contribution in [0.25, 0.3) is 10.9 Å². The van der Waals surface area contributed by atoms with E-state index in [1.165, 1.54) is 12.8 Å². The number of anilines is 3. The van der Waals surface area contributed by atoms with E-state index in [4.69, 9.17) is 14.7 Å². The van der Waals surface area contributed by atoms with Gasteiger partial charge < -0.3 is 25.0 Å². The molecule has 1 aromatic heterocycles. The molecule has 1 saturated carbocycles. The summed E-state index contributed by atoms with van der Waals surface area (Å²) in [6.45, 7) is 2.54. The summed E-state index contributed by atoms with van der Waals surface area (Å²) >= 11 is 0. The first-order valence-electron chi connectivity index (χ1n) is 11.4. The van der Waals surface area contributed by atoms with Crippen LogP contribution in [0.5, 0.6) is 5.75 Å². The van der Waals surface area contributed by atoms with Gasteiger partial charge in [0, 0.05) is 49.7 Å². The lowest BCUT2D eigenvalue weighted by Gasteiger charge is -2.23. The number of benzene rings is 2. The van der Waals surface area contributed by atoms with Crippen molar-refractivity contribution < 1.29 is 9.84 Å². The van der Waals surface area contributed by atoms with Crippen molar-refractivity contribution in [3.8, 4) is 5.75 Å². The van der Waals surface area contributed by atoms with E-state index in [1.807, 2.05) is 25.2 Å². The second kappa shape index (κ2) is 8.82. The maximum Gasteiger partial charge on any atom is 0.141 e. The number of aliphatic hydroxyl groups excluding tert-OH is 1. The maximum absolute atomic E-state index is 9.34. The highest BCUT2D eigenvalue weighted by Crippen LogP contribution is 2.41. The monoisotopic (exact) mass is 433 g/mol. The largest absolute Gasteiger partial charge is 0.495 e. The van der Waals surface area contributed by atoms with E-state index in [0.717, 1.165) is 59.2 Å². The third kappa shape index (κ3) is 4.17. The molecule has 0 bridgehead atoms. The van der Waals surface area contributed by atoms with Crippen molar-refractivity contribution in [3.63, 3.8) is 0 Å². The number of methoxy groups -OCH3 is 1. The standard InChI is InChI=1S/C25H31N5O2/c1-29(13-14-31)19-9-10-21-20(15-19)25(28-24(27-21)17-7-8-17)30-12-11-18(16-30)26-22-5-3-4-6-23(22)32-2/h3-6,9-10,15,17-18,26,31H,7-8,11-14,16H2,1-2H3. The number of likely N-dealkylation sites (N-methyl/N-ethyl adjacent to an activating group) is 1. The number of aromatic nitrogens is 2. The van der Waals surface area contributed by atoms with Gasteiger partial charge in [0.15, 0.2) is 0 Å². The average Bonchev–Trinajstić information content (AvgIpc) is 3.57. The third-order valence-electron chi connectivity index (χ3n) is 6.45. The Bertz CT molecular complexity index is 1100. The highest BCUT2D eigenvalue weighted by atomic mass is 16.5. The summed E-state index contributed by atoms with van der Waals surface area (Å²) in [7, 11) is 3.71. The summed E-state index contributed by atoms with van der Waals surface area (Å²) in [6, 6.07) is 14.7. The third-order valence-corrected chi connectivity index (χ3v) is 6.45. The number of ether oxygens (including phenoxy) is 1. The van der Waals surface area contributed by atoms with Crippen molar-refractivity contribution >= 4 is 28.1 Å². The number of aliphatic hydroxyl groups is 1. The number of nitrogens with one attached hydrogen (secondary N) is 1. The van der Waals surface area contributed by atoms with Gasteiger partial charge in [-0.25, -0.2) is 9.97 Å². The molecule has 1 aliphatic carbocycles. The highest BCUT2D eigenvalue weighted by Gasteiger charge is 2.30. The Morgan fingerprint density at radius 3 is 2.78 bits per heavy atom. The molecule has 1 aliphatic heterocycles. The van der Waals surface area contributed by atoms with E-state index in [-0.39, 0.29) is 6.61 Å².